The summed E-state index contributed by atoms with van der Waals surface area (Å²) in [6.45, 7) is 4.42. The summed E-state index contributed by atoms with van der Waals surface area (Å²) in [6.07, 6.45) is 5.24. The van der Waals surface area contributed by atoms with E-state index in [4.69, 9.17) is 0 Å². The van der Waals surface area contributed by atoms with Gasteiger partial charge in [-0.2, -0.15) is 0 Å². The molecule has 4 nitrogen and oxygen atoms in total. The maximum absolute atomic E-state index is 12.3. The van der Waals surface area contributed by atoms with Gasteiger partial charge in [-0.3, -0.25) is 9.59 Å². The zero-order chi connectivity index (χ0) is 12.4. The van der Waals surface area contributed by atoms with Crippen LogP contribution in [0.1, 0.15) is 46.0 Å². The predicted octanol–water partition coefficient (Wildman–Crippen LogP) is 1.30. The van der Waals surface area contributed by atoms with Crippen molar-refractivity contribution in [3.63, 3.8) is 0 Å². The Morgan fingerprint density at radius 2 is 1.94 bits per heavy atom. The molecule has 2 fully saturated rings. The SMILES string of the molecule is CC(C)CC1NC(=O)CN(C2CCCC2)C1=O. The lowest BCUT2D eigenvalue weighted by molar-refractivity contribution is -0.147. The molecule has 0 aromatic rings. The van der Waals surface area contributed by atoms with Gasteiger partial charge in [-0.15, -0.1) is 0 Å². The highest BCUT2D eigenvalue weighted by molar-refractivity contribution is 5.95. The molecule has 1 unspecified atom stereocenters. The summed E-state index contributed by atoms with van der Waals surface area (Å²) >= 11 is 0. The maximum Gasteiger partial charge on any atom is 0.245 e. The van der Waals surface area contributed by atoms with Crippen LogP contribution in [0.15, 0.2) is 0 Å². The highest BCUT2D eigenvalue weighted by Crippen LogP contribution is 2.25. The summed E-state index contributed by atoms with van der Waals surface area (Å²) in [4.78, 5) is 25.8. The Morgan fingerprint density at radius 1 is 1.29 bits per heavy atom. The first kappa shape index (κ1) is 12.4. The largest absolute Gasteiger partial charge is 0.343 e. The molecule has 1 atom stereocenters. The highest BCUT2D eigenvalue weighted by Gasteiger charge is 2.37. The fraction of sp³-hybridized carbons (Fsp3) is 0.846. The number of hydrogen-bond donors (Lipinski definition) is 1. The molecule has 1 aliphatic heterocycles. The summed E-state index contributed by atoms with van der Waals surface area (Å²) in [5.74, 6) is 0.556. The third kappa shape index (κ3) is 2.79. The van der Waals surface area contributed by atoms with Gasteiger partial charge in [0.2, 0.25) is 11.8 Å². The Balaban J connectivity index is 2.05. The van der Waals surface area contributed by atoms with Crippen LogP contribution in [-0.4, -0.2) is 35.3 Å². The van der Waals surface area contributed by atoms with Crippen molar-refractivity contribution in [2.75, 3.05) is 6.54 Å². The molecule has 1 saturated heterocycles. The van der Waals surface area contributed by atoms with E-state index in [1.165, 1.54) is 12.8 Å². The average Bonchev–Trinajstić information content (AvgIpc) is 2.75. The molecule has 4 heteroatoms. The zero-order valence-electron chi connectivity index (χ0n) is 10.7. The summed E-state index contributed by atoms with van der Waals surface area (Å²) in [5.41, 5.74) is 0. The molecule has 17 heavy (non-hydrogen) atoms. The van der Waals surface area contributed by atoms with E-state index in [-0.39, 0.29) is 24.4 Å². The van der Waals surface area contributed by atoms with Gasteiger partial charge in [0.05, 0.1) is 6.54 Å². The van der Waals surface area contributed by atoms with Crippen molar-refractivity contribution in [3.8, 4) is 0 Å². The van der Waals surface area contributed by atoms with Crippen LogP contribution in [0.2, 0.25) is 0 Å². The van der Waals surface area contributed by atoms with E-state index < -0.39 is 0 Å². The second-order valence-electron chi connectivity index (χ2n) is 5.65. The van der Waals surface area contributed by atoms with Crippen LogP contribution < -0.4 is 5.32 Å². The number of carbonyl (C=O) groups excluding carboxylic acids is 2. The lowest BCUT2D eigenvalue weighted by Gasteiger charge is -2.37. The van der Waals surface area contributed by atoms with Gasteiger partial charge in [0.1, 0.15) is 6.04 Å². The van der Waals surface area contributed by atoms with Gasteiger partial charge in [-0.25, -0.2) is 0 Å². The Labute approximate surface area is 103 Å². The second-order valence-corrected chi connectivity index (χ2v) is 5.65. The zero-order valence-corrected chi connectivity index (χ0v) is 10.7. The molecule has 0 spiro atoms. The van der Waals surface area contributed by atoms with Crippen molar-refractivity contribution >= 4 is 11.8 Å². The topological polar surface area (TPSA) is 49.4 Å². The monoisotopic (exact) mass is 238 g/mol. The first-order chi connectivity index (χ1) is 8.08. The van der Waals surface area contributed by atoms with Crippen molar-refractivity contribution in [3.05, 3.63) is 0 Å². The van der Waals surface area contributed by atoms with Gasteiger partial charge >= 0.3 is 0 Å². The standard InChI is InChI=1S/C13H22N2O2/c1-9(2)7-11-13(17)15(8-12(16)14-11)10-5-3-4-6-10/h9-11H,3-8H2,1-2H3,(H,14,16). The van der Waals surface area contributed by atoms with Crippen molar-refractivity contribution in [2.45, 2.75) is 58.0 Å². The Bertz CT molecular complexity index is 309. The van der Waals surface area contributed by atoms with Crippen LogP contribution in [0.5, 0.6) is 0 Å². The lowest BCUT2D eigenvalue weighted by Crippen LogP contribution is -2.60. The van der Waals surface area contributed by atoms with Gasteiger partial charge in [0.25, 0.3) is 0 Å². The van der Waals surface area contributed by atoms with Gasteiger partial charge < -0.3 is 10.2 Å². The number of hydrogen-bond acceptors (Lipinski definition) is 2. The van der Waals surface area contributed by atoms with Gasteiger partial charge in [0, 0.05) is 6.04 Å². The minimum atomic E-state index is -0.295. The van der Waals surface area contributed by atoms with Crippen LogP contribution in [-0.2, 0) is 9.59 Å². The first-order valence-corrected chi connectivity index (χ1v) is 6.67. The van der Waals surface area contributed by atoms with E-state index in [1.807, 2.05) is 4.90 Å². The molecule has 96 valence electrons. The average molecular weight is 238 g/mol. The molecule has 2 rings (SSSR count). The summed E-state index contributed by atoms with van der Waals surface area (Å²) in [7, 11) is 0. The fourth-order valence-electron chi connectivity index (χ4n) is 2.89. The van der Waals surface area contributed by atoms with Crippen molar-refractivity contribution in [1.29, 1.82) is 0 Å². The van der Waals surface area contributed by atoms with E-state index >= 15 is 0 Å². The predicted molar refractivity (Wildman–Crippen MR) is 65.4 cm³/mol. The number of rotatable bonds is 3. The molecule has 1 aliphatic carbocycles. The lowest BCUT2D eigenvalue weighted by atomic mass is 9.99. The number of amides is 2. The summed E-state index contributed by atoms with van der Waals surface area (Å²) in [6, 6.07) is 0.0139. The maximum atomic E-state index is 12.3. The van der Waals surface area contributed by atoms with Crippen molar-refractivity contribution in [1.82, 2.24) is 10.2 Å². The van der Waals surface area contributed by atoms with E-state index in [2.05, 4.69) is 19.2 Å². The van der Waals surface area contributed by atoms with Crippen molar-refractivity contribution < 1.29 is 9.59 Å². The summed E-state index contributed by atoms with van der Waals surface area (Å²) < 4.78 is 0. The van der Waals surface area contributed by atoms with Crippen LogP contribution in [0.4, 0.5) is 0 Å². The molecule has 0 aromatic heterocycles. The Morgan fingerprint density at radius 3 is 2.53 bits per heavy atom. The van der Waals surface area contributed by atoms with Crippen molar-refractivity contribution in [2.24, 2.45) is 5.92 Å². The minimum absolute atomic E-state index is 0.00199. The molecule has 1 N–H and O–H groups in total. The smallest absolute Gasteiger partial charge is 0.245 e. The van der Waals surface area contributed by atoms with Gasteiger partial charge in [-0.1, -0.05) is 26.7 Å². The third-order valence-corrected chi connectivity index (χ3v) is 3.70. The fourth-order valence-corrected chi connectivity index (χ4v) is 2.89. The Hall–Kier alpha value is -1.06. The molecule has 2 amide bonds. The minimum Gasteiger partial charge on any atom is -0.343 e. The number of piperazine rings is 1. The van der Waals surface area contributed by atoms with Gasteiger partial charge in [0.15, 0.2) is 0 Å². The molecule has 2 aliphatic rings. The molecule has 0 aromatic carbocycles. The van der Waals surface area contributed by atoms with E-state index in [0.29, 0.717) is 12.0 Å². The molecular weight excluding hydrogens is 216 g/mol. The molecular formula is C13H22N2O2. The Kier molecular flexibility index (Phi) is 3.69. The van der Waals surface area contributed by atoms with E-state index in [9.17, 15) is 9.59 Å². The van der Waals surface area contributed by atoms with Crippen LogP contribution in [0.25, 0.3) is 0 Å². The molecule has 1 heterocycles. The number of nitrogens with zero attached hydrogens (tertiary/aromatic N) is 1. The molecule has 0 radical (unpaired) electrons. The quantitative estimate of drug-likeness (QED) is 0.805. The number of nitrogens with one attached hydrogen (secondary N) is 1. The normalized spacial score (nSPS) is 26.8. The van der Waals surface area contributed by atoms with E-state index in [0.717, 1.165) is 19.3 Å². The number of carbonyl (C=O) groups is 2. The molecule has 1 saturated carbocycles. The van der Waals surface area contributed by atoms with Gasteiger partial charge in [-0.05, 0) is 25.2 Å². The summed E-state index contributed by atoms with van der Waals surface area (Å²) in [5, 5.41) is 2.82. The molecule has 0 bridgehead atoms. The van der Waals surface area contributed by atoms with Crippen LogP contribution in [0, 0.1) is 5.92 Å². The second kappa shape index (κ2) is 5.07. The third-order valence-electron chi connectivity index (χ3n) is 3.70. The highest BCUT2D eigenvalue weighted by atomic mass is 16.2. The van der Waals surface area contributed by atoms with Crippen LogP contribution >= 0.6 is 0 Å². The van der Waals surface area contributed by atoms with E-state index in [1.54, 1.807) is 0 Å². The first-order valence-electron chi connectivity index (χ1n) is 6.67. The van der Waals surface area contributed by atoms with Crippen LogP contribution in [0.3, 0.4) is 0 Å².